The third-order valence-corrected chi connectivity index (χ3v) is 0.502. The van der Waals surface area contributed by atoms with Crippen LogP contribution < -0.4 is 0 Å². The number of ether oxygens (including phenoxy) is 1. The zero-order valence-electron chi connectivity index (χ0n) is 6.22. The summed E-state index contributed by atoms with van der Waals surface area (Å²) in [4.78, 5) is 10.1. The smallest absolute Gasteiger partial charge is 0.308 e. The number of hydrogen-bond donors (Lipinski definition) is 0. The summed E-state index contributed by atoms with van der Waals surface area (Å²) in [6, 6.07) is 0. The minimum absolute atomic E-state index is 0.289. The van der Waals surface area contributed by atoms with Gasteiger partial charge in [0.2, 0.25) is 0 Å². The first kappa shape index (κ1) is 11.5. The fourth-order valence-electron chi connectivity index (χ4n) is 0.226. The van der Waals surface area contributed by atoms with E-state index < -0.39 is 0 Å². The van der Waals surface area contributed by atoms with Crippen molar-refractivity contribution in [3.05, 3.63) is 38.2 Å². The first-order valence-electron chi connectivity index (χ1n) is 2.66. The summed E-state index contributed by atoms with van der Waals surface area (Å²) < 4.78 is 4.45. The lowest BCUT2D eigenvalue weighted by Gasteiger charge is -1.95. The van der Waals surface area contributed by atoms with Crippen molar-refractivity contribution in [2.45, 2.75) is 6.92 Å². The van der Waals surface area contributed by atoms with Crippen molar-refractivity contribution in [3.63, 3.8) is 0 Å². The van der Waals surface area contributed by atoms with Gasteiger partial charge in [-0.1, -0.05) is 13.2 Å². The van der Waals surface area contributed by atoms with Crippen molar-refractivity contribution in [1.29, 1.82) is 0 Å². The highest BCUT2D eigenvalue weighted by molar-refractivity contribution is 5.67. The Hall–Kier alpha value is -1.31. The van der Waals surface area contributed by atoms with E-state index in [9.17, 15) is 4.79 Å². The van der Waals surface area contributed by atoms with Crippen LogP contribution in [0.3, 0.4) is 0 Å². The molecule has 0 unspecified atom stereocenters. The van der Waals surface area contributed by atoms with Crippen LogP contribution in [-0.2, 0) is 9.53 Å². The van der Waals surface area contributed by atoms with E-state index in [-0.39, 0.29) is 11.7 Å². The maximum atomic E-state index is 10.1. The van der Waals surface area contributed by atoms with Gasteiger partial charge in [-0.05, 0) is 6.08 Å². The van der Waals surface area contributed by atoms with Crippen LogP contribution in [0.4, 0.5) is 0 Å². The lowest BCUT2D eigenvalue weighted by atomic mass is 10.5. The largest absolute Gasteiger partial charge is 0.427 e. The molecule has 0 aromatic heterocycles. The van der Waals surface area contributed by atoms with Gasteiger partial charge in [0.25, 0.3) is 0 Å². The number of allylic oxidation sites excluding steroid dienone is 1. The lowest BCUT2D eigenvalue weighted by Crippen LogP contribution is -1.94. The van der Waals surface area contributed by atoms with Crippen LogP contribution in [0.5, 0.6) is 0 Å². The molecule has 0 N–H and O–H groups in total. The molecule has 0 spiro atoms. The summed E-state index contributed by atoms with van der Waals surface area (Å²) in [5.74, 6) is -0.0765. The second-order valence-electron chi connectivity index (χ2n) is 1.26. The summed E-state index contributed by atoms with van der Waals surface area (Å²) in [6.07, 6.45) is 1.38. The Bertz CT molecular complexity index is 136. The molecule has 0 rings (SSSR count). The molecule has 0 atom stereocenters. The monoisotopic (exact) mass is 140 g/mol. The van der Waals surface area contributed by atoms with E-state index >= 15 is 0 Å². The Morgan fingerprint density at radius 2 is 1.90 bits per heavy atom. The van der Waals surface area contributed by atoms with Crippen LogP contribution in [0.15, 0.2) is 38.2 Å². The highest BCUT2D eigenvalue weighted by Gasteiger charge is 1.90. The van der Waals surface area contributed by atoms with Gasteiger partial charge in [-0.25, -0.2) is 0 Å². The van der Waals surface area contributed by atoms with Crippen molar-refractivity contribution in [2.75, 3.05) is 0 Å². The summed E-state index contributed by atoms with van der Waals surface area (Å²) in [5.41, 5.74) is 0. The Labute approximate surface area is 61.5 Å². The van der Waals surface area contributed by atoms with Gasteiger partial charge < -0.3 is 4.74 Å². The fraction of sp³-hybridized carbons (Fsp3) is 0.125. The predicted octanol–water partition coefficient (Wildman–Crippen LogP) is 2.05. The zero-order valence-corrected chi connectivity index (χ0v) is 6.22. The lowest BCUT2D eigenvalue weighted by molar-refractivity contribution is -0.136. The maximum Gasteiger partial charge on any atom is 0.308 e. The molecule has 0 radical (unpaired) electrons. The van der Waals surface area contributed by atoms with Crippen molar-refractivity contribution in [3.8, 4) is 0 Å². The topological polar surface area (TPSA) is 26.3 Å². The SMILES string of the molecule is C=C.C=CC(=C)OC(C)=O. The average molecular weight is 140 g/mol. The Morgan fingerprint density at radius 3 is 2.00 bits per heavy atom. The molecule has 0 aliphatic carbocycles. The van der Waals surface area contributed by atoms with Crippen LogP contribution >= 0.6 is 0 Å². The van der Waals surface area contributed by atoms with Crippen LogP contribution in [0.25, 0.3) is 0 Å². The predicted molar refractivity (Wildman–Crippen MR) is 42.4 cm³/mol. The highest BCUT2D eigenvalue weighted by atomic mass is 16.5. The maximum absolute atomic E-state index is 10.1. The van der Waals surface area contributed by atoms with Gasteiger partial charge in [-0.3, -0.25) is 4.79 Å². The second-order valence-corrected chi connectivity index (χ2v) is 1.26. The van der Waals surface area contributed by atoms with Gasteiger partial charge in [0.1, 0.15) is 5.76 Å². The summed E-state index contributed by atoms with van der Waals surface area (Å²) >= 11 is 0. The number of carbonyl (C=O) groups excluding carboxylic acids is 1. The van der Waals surface area contributed by atoms with Gasteiger partial charge in [-0.15, -0.1) is 13.2 Å². The molecule has 0 bridgehead atoms. The van der Waals surface area contributed by atoms with E-state index in [1.165, 1.54) is 13.0 Å². The molecule has 2 heteroatoms. The molecule has 2 nitrogen and oxygen atoms in total. The third-order valence-electron chi connectivity index (χ3n) is 0.502. The molecule has 10 heavy (non-hydrogen) atoms. The van der Waals surface area contributed by atoms with Gasteiger partial charge >= 0.3 is 5.97 Å². The van der Waals surface area contributed by atoms with Crippen molar-refractivity contribution >= 4 is 5.97 Å². The highest BCUT2D eigenvalue weighted by Crippen LogP contribution is 1.92. The first-order chi connectivity index (χ1) is 4.66. The van der Waals surface area contributed by atoms with Crippen molar-refractivity contribution in [2.24, 2.45) is 0 Å². The first-order valence-corrected chi connectivity index (χ1v) is 2.66. The van der Waals surface area contributed by atoms with Crippen molar-refractivity contribution in [1.82, 2.24) is 0 Å². The van der Waals surface area contributed by atoms with Gasteiger partial charge in [0.05, 0.1) is 0 Å². The molecule has 0 aliphatic rings. The van der Waals surface area contributed by atoms with E-state index in [0.29, 0.717) is 0 Å². The molecule has 0 saturated heterocycles. The summed E-state index contributed by atoms with van der Waals surface area (Å²) in [5, 5.41) is 0. The van der Waals surface area contributed by atoms with E-state index in [0.717, 1.165) is 0 Å². The zero-order chi connectivity index (χ0) is 8.57. The Kier molecular flexibility index (Phi) is 8.83. The number of hydrogen-bond acceptors (Lipinski definition) is 2. The normalized spacial score (nSPS) is 6.50. The van der Waals surface area contributed by atoms with Crippen LogP contribution in [0, 0.1) is 0 Å². The molecule has 0 saturated carbocycles. The Balaban J connectivity index is 0. The number of rotatable bonds is 2. The molecule has 0 aromatic rings. The van der Waals surface area contributed by atoms with Crippen LogP contribution in [-0.4, -0.2) is 5.97 Å². The molecular weight excluding hydrogens is 128 g/mol. The molecular formula is C8H12O2. The molecule has 0 heterocycles. The third kappa shape index (κ3) is 9.85. The molecule has 0 aromatic carbocycles. The number of esters is 1. The van der Waals surface area contributed by atoms with Crippen LogP contribution in [0.1, 0.15) is 6.92 Å². The van der Waals surface area contributed by atoms with E-state index in [4.69, 9.17) is 0 Å². The molecule has 0 amide bonds. The molecule has 0 aliphatic heterocycles. The average Bonchev–Trinajstić information content (AvgIpc) is 1.91. The van der Waals surface area contributed by atoms with Gasteiger partial charge in [0, 0.05) is 6.92 Å². The van der Waals surface area contributed by atoms with Gasteiger partial charge in [0.15, 0.2) is 0 Å². The second kappa shape index (κ2) is 7.69. The number of carbonyl (C=O) groups is 1. The van der Waals surface area contributed by atoms with E-state index in [2.05, 4.69) is 31.1 Å². The van der Waals surface area contributed by atoms with E-state index in [1.807, 2.05) is 0 Å². The summed E-state index contributed by atoms with van der Waals surface area (Å²) in [7, 11) is 0. The van der Waals surface area contributed by atoms with Gasteiger partial charge in [-0.2, -0.15) is 0 Å². The fourth-order valence-corrected chi connectivity index (χ4v) is 0.226. The molecule has 56 valence electrons. The van der Waals surface area contributed by atoms with E-state index in [1.54, 1.807) is 0 Å². The quantitative estimate of drug-likeness (QED) is 0.254. The molecule has 0 fully saturated rings. The minimum Gasteiger partial charge on any atom is -0.427 e. The van der Waals surface area contributed by atoms with Crippen molar-refractivity contribution < 1.29 is 9.53 Å². The minimum atomic E-state index is -0.366. The van der Waals surface area contributed by atoms with Crippen LogP contribution in [0.2, 0.25) is 0 Å². The Morgan fingerprint density at radius 1 is 1.50 bits per heavy atom. The summed E-state index contributed by atoms with van der Waals surface area (Å²) in [6.45, 7) is 14.0. The standard InChI is InChI=1S/C6H8O2.C2H4/c1-4-5(2)8-6(3)7;1-2/h4H,1-2H2,3H3;1-2H2.